The Morgan fingerprint density at radius 2 is 1.06 bits per heavy atom. The first-order chi connectivity index (χ1) is 23.9. The van der Waals surface area contributed by atoms with Crippen LogP contribution < -0.4 is 22.1 Å². The van der Waals surface area contributed by atoms with Crippen molar-refractivity contribution in [2.45, 2.75) is 168 Å². The van der Waals surface area contributed by atoms with Crippen LogP contribution >= 0.6 is 0 Å². The molecule has 288 valence electrons. The van der Waals surface area contributed by atoms with Crippen molar-refractivity contribution in [2.24, 2.45) is 17.4 Å². The molecule has 0 radical (unpaired) electrons. The number of ether oxygens (including phenoxy) is 1. The van der Waals surface area contributed by atoms with Gasteiger partial charge >= 0.3 is 17.9 Å². The number of nitrogens with one attached hydrogen (secondary N) is 2. The lowest BCUT2D eigenvalue weighted by molar-refractivity contribution is -0.152. The van der Waals surface area contributed by atoms with E-state index in [-0.39, 0.29) is 12.3 Å². The molecule has 0 bridgehead atoms. The van der Waals surface area contributed by atoms with E-state index in [2.05, 4.69) is 41.4 Å². The zero-order chi connectivity index (χ0) is 36.5. The van der Waals surface area contributed by atoms with Gasteiger partial charge in [0.15, 0.2) is 0 Å². The van der Waals surface area contributed by atoms with Crippen LogP contribution in [0.4, 0.5) is 0 Å². The highest BCUT2D eigenvalue weighted by atomic mass is 16.6. The number of cyclic esters (lactones) is 2. The van der Waals surface area contributed by atoms with Gasteiger partial charge in [-0.3, -0.25) is 14.4 Å². The van der Waals surface area contributed by atoms with Crippen LogP contribution in [0, 0.1) is 5.92 Å². The minimum Gasteiger partial charge on any atom is -0.481 e. The van der Waals surface area contributed by atoms with Gasteiger partial charge in [-0.15, -0.1) is 0 Å². The Bertz CT molecular complexity index is 783. The Kier molecular flexibility index (Phi) is 42.1. The molecular formula is C40H78N4O5. The number of hydrogen-bond acceptors (Lipinski definition) is 8. The van der Waals surface area contributed by atoms with Crippen LogP contribution in [0.25, 0.3) is 0 Å². The van der Waals surface area contributed by atoms with Gasteiger partial charge in [0.1, 0.15) is 0 Å². The molecule has 0 aromatic rings. The molecule has 0 saturated carbocycles. The van der Waals surface area contributed by atoms with E-state index in [4.69, 9.17) is 16.6 Å². The molecule has 1 atom stereocenters. The van der Waals surface area contributed by atoms with E-state index in [0.717, 1.165) is 45.4 Å². The predicted octanol–water partition coefficient (Wildman–Crippen LogP) is 8.35. The number of carboxylic acids is 1. The lowest BCUT2D eigenvalue weighted by Gasteiger charge is -2.03. The smallest absolute Gasteiger partial charge is 0.321 e. The topological polar surface area (TPSA) is 157 Å². The standard InChI is InChI=1S/C18H34O2.C16H26O3.C6H18N4/c1-2-3-4-5-6-7-8-9-10-11-12-13-14-15-16-17-18(19)20;1-2-3-4-5-6-7-8-9-10-11-12-14-13-15(17)19-16(14)18;7-1-3-9-5-6-10-4-2-8/h9-10H,2-8,11-17H2,1H3,(H,19,20);11-12,14H,2-10,13H2,1H3;9-10H,1-8H2/b10-9-;12-11+;. The Morgan fingerprint density at radius 1 is 0.653 bits per heavy atom. The highest BCUT2D eigenvalue weighted by Crippen LogP contribution is 2.18. The SMILES string of the molecule is CCCCCCCC/C=C\CCCCCCCC(=O)O.CCCCCCCCCC/C=C/C1CC(=O)OC1=O.NCCNCCNCCN. The van der Waals surface area contributed by atoms with E-state index < -0.39 is 17.9 Å². The van der Waals surface area contributed by atoms with E-state index in [1.807, 2.05) is 12.2 Å². The molecule has 49 heavy (non-hydrogen) atoms. The third kappa shape index (κ3) is 42.0. The average molecular weight is 695 g/mol. The number of aliphatic carboxylic acids is 1. The highest BCUT2D eigenvalue weighted by molar-refractivity contribution is 5.95. The number of allylic oxidation sites excluding steroid dienone is 3. The van der Waals surface area contributed by atoms with Gasteiger partial charge in [-0.2, -0.15) is 0 Å². The minimum atomic E-state index is -0.664. The first-order valence-corrected chi connectivity index (χ1v) is 20.0. The van der Waals surface area contributed by atoms with Crippen molar-refractivity contribution in [1.29, 1.82) is 0 Å². The van der Waals surface area contributed by atoms with Gasteiger partial charge in [-0.25, -0.2) is 0 Å². The van der Waals surface area contributed by atoms with Gasteiger partial charge in [-0.05, 0) is 44.9 Å². The number of esters is 2. The second-order valence-corrected chi connectivity index (χ2v) is 13.1. The van der Waals surface area contributed by atoms with Crippen LogP contribution in [0.2, 0.25) is 0 Å². The van der Waals surface area contributed by atoms with Crippen molar-refractivity contribution in [3.8, 4) is 0 Å². The summed E-state index contributed by atoms with van der Waals surface area (Å²) in [5, 5.41) is 14.8. The van der Waals surface area contributed by atoms with Gasteiger partial charge in [0.05, 0.1) is 12.3 Å². The van der Waals surface area contributed by atoms with Crippen molar-refractivity contribution < 1.29 is 24.2 Å². The Balaban J connectivity index is 0. The van der Waals surface area contributed by atoms with Crippen molar-refractivity contribution in [2.75, 3.05) is 39.3 Å². The molecule has 1 aliphatic rings. The Hall–Kier alpha value is -2.07. The van der Waals surface area contributed by atoms with Gasteiger partial charge in [-0.1, -0.05) is 134 Å². The number of carboxylic acid groups (broad SMARTS) is 1. The van der Waals surface area contributed by atoms with E-state index >= 15 is 0 Å². The lowest BCUT2D eigenvalue weighted by Crippen LogP contribution is -2.32. The van der Waals surface area contributed by atoms with Gasteiger partial charge < -0.3 is 31.9 Å². The van der Waals surface area contributed by atoms with Crippen LogP contribution in [-0.2, 0) is 19.1 Å². The Labute approximate surface area is 301 Å². The van der Waals surface area contributed by atoms with Gasteiger partial charge in [0.2, 0.25) is 0 Å². The van der Waals surface area contributed by atoms with Crippen LogP contribution in [-0.4, -0.2) is 62.3 Å². The molecule has 9 nitrogen and oxygen atoms in total. The summed E-state index contributed by atoms with van der Waals surface area (Å²) in [6.07, 6.45) is 36.8. The fraction of sp³-hybridized carbons (Fsp3) is 0.825. The molecule has 1 rings (SSSR count). The summed E-state index contributed by atoms with van der Waals surface area (Å²) in [5.41, 5.74) is 10.5. The maximum atomic E-state index is 11.2. The van der Waals surface area contributed by atoms with Gasteiger partial charge in [0.25, 0.3) is 0 Å². The third-order valence-electron chi connectivity index (χ3n) is 8.27. The molecule has 0 aromatic heterocycles. The third-order valence-corrected chi connectivity index (χ3v) is 8.27. The van der Waals surface area contributed by atoms with E-state index in [1.165, 1.54) is 122 Å². The number of carbonyl (C=O) groups excluding carboxylic acids is 2. The number of rotatable bonds is 32. The molecule has 0 spiro atoms. The second-order valence-electron chi connectivity index (χ2n) is 13.1. The molecule has 1 aliphatic heterocycles. The van der Waals surface area contributed by atoms with Crippen molar-refractivity contribution in [1.82, 2.24) is 10.6 Å². The first kappa shape index (κ1) is 49.0. The monoisotopic (exact) mass is 695 g/mol. The lowest BCUT2D eigenvalue weighted by atomic mass is 10.0. The fourth-order valence-electron chi connectivity index (χ4n) is 5.27. The van der Waals surface area contributed by atoms with E-state index in [1.54, 1.807) is 0 Å². The maximum Gasteiger partial charge on any atom is 0.321 e. The number of nitrogens with two attached hydrogens (primary N) is 2. The number of carbonyl (C=O) groups is 3. The summed E-state index contributed by atoms with van der Waals surface area (Å²) < 4.78 is 4.49. The maximum absolute atomic E-state index is 11.2. The van der Waals surface area contributed by atoms with Crippen molar-refractivity contribution >= 4 is 17.9 Å². The predicted molar refractivity (Wildman–Crippen MR) is 207 cm³/mol. The molecule has 1 unspecified atom stereocenters. The highest BCUT2D eigenvalue weighted by Gasteiger charge is 2.30. The molecular weight excluding hydrogens is 616 g/mol. The average Bonchev–Trinajstić information content (AvgIpc) is 3.41. The van der Waals surface area contributed by atoms with Crippen LogP contribution in [0.15, 0.2) is 24.3 Å². The molecule has 0 aromatic carbocycles. The zero-order valence-corrected chi connectivity index (χ0v) is 31.8. The molecule has 0 aliphatic carbocycles. The Morgan fingerprint density at radius 3 is 1.45 bits per heavy atom. The molecule has 1 heterocycles. The fourth-order valence-corrected chi connectivity index (χ4v) is 5.27. The van der Waals surface area contributed by atoms with Crippen molar-refractivity contribution in [3.05, 3.63) is 24.3 Å². The summed E-state index contributed by atoms with van der Waals surface area (Å²) in [6.45, 7) is 9.63. The van der Waals surface area contributed by atoms with Crippen molar-refractivity contribution in [3.63, 3.8) is 0 Å². The first-order valence-electron chi connectivity index (χ1n) is 20.0. The summed E-state index contributed by atoms with van der Waals surface area (Å²) in [6, 6.07) is 0. The molecule has 1 saturated heterocycles. The number of hydrogen-bond donors (Lipinski definition) is 5. The zero-order valence-electron chi connectivity index (χ0n) is 31.8. The normalized spacial score (nSPS) is 14.2. The molecule has 7 N–H and O–H groups in total. The second kappa shape index (κ2) is 42.1. The van der Waals surface area contributed by atoms with E-state index in [0.29, 0.717) is 19.5 Å². The van der Waals surface area contributed by atoms with Crippen LogP contribution in [0.1, 0.15) is 168 Å². The summed E-state index contributed by atoms with van der Waals surface area (Å²) >= 11 is 0. The van der Waals surface area contributed by atoms with Crippen LogP contribution in [0.3, 0.4) is 0 Å². The molecule has 0 amide bonds. The number of unbranched alkanes of at least 4 members (excludes halogenated alkanes) is 19. The molecule has 1 fully saturated rings. The minimum absolute atomic E-state index is 0.215. The quantitative estimate of drug-likeness (QED) is 0.0202. The van der Waals surface area contributed by atoms with E-state index in [9.17, 15) is 14.4 Å². The molecule has 9 heteroatoms. The summed E-state index contributed by atoms with van der Waals surface area (Å²) in [5.74, 6) is -1.78. The largest absolute Gasteiger partial charge is 0.481 e. The summed E-state index contributed by atoms with van der Waals surface area (Å²) in [7, 11) is 0. The van der Waals surface area contributed by atoms with Crippen LogP contribution in [0.5, 0.6) is 0 Å². The van der Waals surface area contributed by atoms with Gasteiger partial charge in [0, 0.05) is 45.7 Å². The summed E-state index contributed by atoms with van der Waals surface area (Å²) in [4.78, 5) is 32.4.